The Balaban J connectivity index is 1.86. The van der Waals surface area contributed by atoms with Gasteiger partial charge in [-0.3, -0.25) is 0 Å². The van der Waals surface area contributed by atoms with Gasteiger partial charge in [0.25, 0.3) is 0 Å². The van der Waals surface area contributed by atoms with Crippen LogP contribution in [0.1, 0.15) is 64.7 Å². The summed E-state index contributed by atoms with van der Waals surface area (Å²) in [5.74, 6) is 4.07. The van der Waals surface area contributed by atoms with Crippen molar-refractivity contribution in [3.63, 3.8) is 0 Å². The molecule has 4 heteroatoms. The van der Waals surface area contributed by atoms with Crippen LogP contribution in [-0.4, -0.2) is 30.6 Å². The lowest BCUT2D eigenvalue weighted by Gasteiger charge is -2.22. The summed E-state index contributed by atoms with van der Waals surface area (Å²) in [6, 6.07) is 0. The number of hydrogen-bond acceptors (Lipinski definition) is 3. The van der Waals surface area contributed by atoms with Gasteiger partial charge < -0.3 is 14.6 Å². The Bertz CT molecular complexity index is 336. The van der Waals surface area contributed by atoms with Gasteiger partial charge in [-0.05, 0) is 32.1 Å². The van der Waals surface area contributed by atoms with E-state index in [0.717, 1.165) is 45.3 Å². The molecule has 0 spiro atoms. The van der Waals surface area contributed by atoms with Crippen LogP contribution in [0, 0.1) is 17.8 Å². The molecule has 0 saturated carbocycles. The van der Waals surface area contributed by atoms with Crippen LogP contribution in [-0.2, 0) is 14.3 Å². The van der Waals surface area contributed by atoms with Gasteiger partial charge in [0.15, 0.2) is 6.29 Å². The maximum absolute atomic E-state index is 10.3. The molecule has 0 bridgehead atoms. The summed E-state index contributed by atoms with van der Waals surface area (Å²) in [6.07, 6.45) is 10.2. The van der Waals surface area contributed by atoms with Crippen LogP contribution in [0.3, 0.4) is 0 Å². The third-order valence-electron chi connectivity index (χ3n) is 3.65. The largest absolute Gasteiger partial charge is 0.472 e. The first-order chi connectivity index (χ1) is 10.2. The Kier molecular flexibility index (Phi) is 9.94. The summed E-state index contributed by atoms with van der Waals surface area (Å²) >= 11 is 0. The molecule has 0 aromatic heterocycles. The van der Waals surface area contributed by atoms with Crippen molar-refractivity contribution in [1.82, 2.24) is 0 Å². The molecule has 1 N–H and O–H groups in total. The van der Waals surface area contributed by atoms with Gasteiger partial charge in [0.05, 0.1) is 0 Å². The summed E-state index contributed by atoms with van der Waals surface area (Å²) in [5.41, 5.74) is 0. The number of aliphatic carboxylic acids is 1. The van der Waals surface area contributed by atoms with Gasteiger partial charge in [-0.15, -0.1) is 0 Å². The first-order valence-corrected chi connectivity index (χ1v) is 8.16. The lowest BCUT2D eigenvalue weighted by atomic mass is 10.0. The van der Waals surface area contributed by atoms with E-state index < -0.39 is 5.97 Å². The summed E-state index contributed by atoms with van der Waals surface area (Å²) in [4.78, 5) is 10.3. The highest BCUT2D eigenvalue weighted by Crippen LogP contribution is 2.15. The topological polar surface area (TPSA) is 55.8 Å². The highest BCUT2D eigenvalue weighted by molar-refractivity contribution is 5.86. The number of carboxylic acid groups (broad SMARTS) is 1. The van der Waals surface area contributed by atoms with Crippen molar-refractivity contribution < 1.29 is 19.4 Å². The summed E-state index contributed by atoms with van der Waals surface area (Å²) < 4.78 is 11.2. The standard InChI is InChI=1S/C17H28O4/c1-15(11-12-16(18)19)9-5-3-2-4-7-13-20-17-10-6-8-14-21-17/h15,17H,2-10,13-14H2,1H3,(H,18,19). The number of ether oxygens (including phenoxy) is 2. The number of hydrogen-bond donors (Lipinski definition) is 1. The quantitative estimate of drug-likeness (QED) is 0.522. The van der Waals surface area contributed by atoms with Crippen LogP contribution in [0.4, 0.5) is 0 Å². The van der Waals surface area contributed by atoms with E-state index in [2.05, 4.69) is 11.8 Å². The zero-order valence-corrected chi connectivity index (χ0v) is 13.1. The van der Waals surface area contributed by atoms with Crippen LogP contribution >= 0.6 is 0 Å². The minimum atomic E-state index is -1.04. The highest BCUT2D eigenvalue weighted by Gasteiger charge is 2.13. The van der Waals surface area contributed by atoms with Crippen molar-refractivity contribution in [1.29, 1.82) is 0 Å². The molecule has 0 aromatic rings. The average molecular weight is 296 g/mol. The number of rotatable bonds is 9. The summed E-state index contributed by atoms with van der Waals surface area (Å²) in [5, 5.41) is 8.45. The van der Waals surface area contributed by atoms with Crippen molar-refractivity contribution in [2.24, 2.45) is 5.92 Å². The predicted octanol–water partition coefficient (Wildman–Crippen LogP) is 3.59. The fourth-order valence-corrected chi connectivity index (χ4v) is 2.40. The second-order valence-corrected chi connectivity index (χ2v) is 5.70. The molecule has 1 aliphatic rings. The molecule has 1 fully saturated rings. The lowest BCUT2D eigenvalue weighted by molar-refractivity contribution is -0.162. The number of unbranched alkanes of at least 4 members (excludes halogenated alkanes) is 4. The van der Waals surface area contributed by atoms with Crippen LogP contribution in [0.2, 0.25) is 0 Å². The van der Waals surface area contributed by atoms with E-state index in [-0.39, 0.29) is 12.2 Å². The van der Waals surface area contributed by atoms with Crippen LogP contribution < -0.4 is 0 Å². The Hall–Kier alpha value is -1.05. The Morgan fingerprint density at radius 1 is 1.29 bits per heavy atom. The summed E-state index contributed by atoms with van der Waals surface area (Å²) in [7, 11) is 0. The smallest absolute Gasteiger partial charge is 0.381 e. The normalized spacial score (nSPS) is 19.6. The van der Waals surface area contributed by atoms with Gasteiger partial charge in [-0.1, -0.05) is 38.5 Å². The van der Waals surface area contributed by atoms with Crippen molar-refractivity contribution in [2.45, 2.75) is 71.0 Å². The average Bonchev–Trinajstić information content (AvgIpc) is 2.49. The molecule has 1 rings (SSSR count). The Morgan fingerprint density at radius 3 is 2.76 bits per heavy atom. The first-order valence-electron chi connectivity index (χ1n) is 8.16. The second-order valence-electron chi connectivity index (χ2n) is 5.70. The van der Waals surface area contributed by atoms with Crippen molar-refractivity contribution in [2.75, 3.05) is 13.2 Å². The van der Waals surface area contributed by atoms with E-state index in [1.165, 1.54) is 25.7 Å². The monoisotopic (exact) mass is 296 g/mol. The van der Waals surface area contributed by atoms with Gasteiger partial charge in [0.1, 0.15) is 0 Å². The van der Waals surface area contributed by atoms with Gasteiger partial charge in [-0.25, -0.2) is 4.79 Å². The van der Waals surface area contributed by atoms with E-state index >= 15 is 0 Å². The highest BCUT2D eigenvalue weighted by atomic mass is 16.7. The minimum Gasteiger partial charge on any atom is -0.472 e. The Morgan fingerprint density at radius 2 is 2.05 bits per heavy atom. The molecule has 2 atom stereocenters. The third-order valence-corrected chi connectivity index (χ3v) is 3.65. The predicted molar refractivity (Wildman–Crippen MR) is 81.8 cm³/mol. The molecule has 0 amide bonds. The van der Waals surface area contributed by atoms with Crippen LogP contribution in [0.25, 0.3) is 0 Å². The molecule has 1 heterocycles. The minimum absolute atomic E-state index is 0.0346. The van der Waals surface area contributed by atoms with Crippen molar-refractivity contribution >= 4 is 5.97 Å². The zero-order valence-electron chi connectivity index (χ0n) is 13.1. The molecule has 1 saturated heterocycles. The molecule has 2 unspecified atom stereocenters. The van der Waals surface area contributed by atoms with Gasteiger partial charge in [-0.2, -0.15) is 0 Å². The van der Waals surface area contributed by atoms with Crippen molar-refractivity contribution in [3.05, 3.63) is 0 Å². The van der Waals surface area contributed by atoms with Crippen molar-refractivity contribution in [3.8, 4) is 11.8 Å². The zero-order chi connectivity index (χ0) is 15.3. The maximum Gasteiger partial charge on any atom is 0.381 e. The molecule has 1 aliphatic heterocycles. The maximum atomic E-state index is 10.3. The molecule has 0 aromatic carbocycles. The van der Waals surface area contributed by atoms with Gasteiger partial charge in [0.2, 0.25) is 0 Å². The second kappa shape index (κ2) is 11.6. The van der Waals surface area contributed by atoms with E-state index in [1.54, 1.807) is 0 Å². The lowest BCUT2D eigenvalue weighted by Crippen LogP contribution is -2.22. The molecule has 21 heavy (non-hydrogen) atoms. The number of carbonyl (C=O) groups is 1. The van der Waals surface area contributed by atoms with Gasteiger partial charge >= 0.3 is 5.97 Å². The molecule has 0 radical (unpaired) electrons. The first kappa shape index (κ1) is 18.0. The van der Waals surface area contributed by atoms with E-state index in [1.807, 2.05) is 6.92 Å². The molecular formula is C17H28O4. The fourth-order valence-electron chi connectivity index (χ4n) is 2.40. The van der Waals surface area contributed by atoms with E-state index in [4.69, 9.17) is 14.6 Å². The van der Waals surface area contributed by atoms with E-state index in [9.17, 15) is 4.79 Å². The van der Waals surface area contributed by atoms with E-state index in [0.29, 0.717) is 0 Å². The number of carboxylic acids is 1. The molecule has 0 aliphatic carbocycles. The SMILES string of the molecule is CC(C#CC(=O)O)CCCCCCCOC1CCCCO1. The summed E-state index contributed by atoms with van der Waals surface area (Å²) in [6.45, 7) is 3.62. The fraction of sp³-hybridized carbons (Fsp3) is 0.824. The van der Waals surface area contributed by atoms with Gasteiger partial charge in [0, 0.05) is 25.1 Å². The molecular weight excluding hydrogens is 268 g/mol. The Labute approximate surface area is 128 Å². The third kappa shape index (κ3) is 10.3. The molecule has 4 nitrogen and oxygen atoms in total. The molecule has 120 valence electrons. The van der Waals surface area contributed by atoms with Crippen LogP contribution in [0.15, 0.2) is 0 Å². The van der Waals surface area contributed by atoms with Crippen LogP contribution in [0.5, 0.6) is 0 Å².